The molecule has 0 saturated carbocycles. The zero-order chi connectivity index (χ0) is 19.9. The third-order valence-electron chi connectivity index (χ3n) is 3.53. The summed E-state index contributed by atoms with van der Waals surface area (Å²) in [5.41, 5.74) is 6.66. The van der Waals surface area contributed by atoms with Crippen molar-refractivity contribution >= 4 is 33.5 Å². The second kappa shape index (κ2) is 10.2. The van der Waals surface area contributed by atoms with Crippen LogP contribution in [0, 0.1) is 6.92 Å². The number of thioether (sulfide) groups is 1. The quantitative estimate of drug-likeness (QED) is 0.340. The van der Waals surface area contributed by atoms with Gasteiger partial charge < -0.3 is 14.2 Å². The highest BCUT2D eigenvalue weighted by molar-refractivity contribution is 7.99. The molecule has 6 nitrogen and oxygen atoms in total. The number of rotatable bonds is 10. The summed E-state index contributed by atoms with van der Waals surface area (Å²) in [6, 6.07) is 11.2. The van der Waals surface area contributed by atoms with Crippen molar-refractivity contribution in [1.82, 2.24) is 0 Å². The molecule has 0 saturated heterocycles. The third kappa shape index (κ3) is 6.90. The van der Waals surface area contributed by atoms with E-state index in [9.17, 15) is 8.42 Å². The largest absolute Gasteiger partial charge is 0.493 e. The molecule has 27 heavy (non-hydrogen) atoms. The van der Waals surface area contributed by atoms with E-state index in [4.69, 9.17) is 26.3 Å². The molecule has 0 aliphatic heterocycles. The molecule has 1 atom stereocenters. The SMILES string of the molecule is C[NH2+]C(N)SCCCOc1cc(C)cc(OS(=O)(=O)c2ccccc2Cl)c1. The van der Waals surface area contributed by atoms with Gasteiger partial charge >= 0.3 is 10.1 Å². The van der Waals surface area contributed by atoms with Crippen LogP contribution in [0.2, 0.25) is 5.02 Å². The van der Waals surface area contributed by atoms with Crippen LogP contribution < -0.4 is 20.0 Å². The van der Waals surface area contributed by atoms with Crippen LogP contribution in [-0.2, 0) is 10.1 Å². The number of halogens is 1. The maximum absolute atomic E-state index is 12.5. The summed E-state index contributed by atoms with van der Waals surface area (Å²) >= 11 is 7.62. The number of benzene rings is 2. The fourth-order valence-corrected chi connectivity index (χ4v) is 4.39. The summed E-state index contributed by atoms with van der Waals surface area (Å²) in [6.07, 6.45) is 0.828. The van der Waals surface area contributed by atoms with E-state index in [1.165, 1.54) is 12.1 Å². The standard InChI is InChI=1S/C18H23ClN2O4S2/c1-13-10-14(24-8-5-9-26-18(20)21-2)12-15(11-13)25-27(22,23)17-7-4-3-6-16(17)19/h3-4,6-7,10-12,18,21H,5,8-9,20H2,1-2H3/p+1. The number of aryl methyl sites for hydroxylation is 1. The highest BCUT2D eigenvalue weighted by atomic mass is 35.5. The smallest absolute Gasteiger partial charge is 0.340 e. The molecule has 0 aliphatic carbocycles. The van der Waals surface area contributed by atoms with E-state index in [1.54, 1.807) is 36.0 Å². The van der Waals surface area contributed by atoms with Gasteiger partial charge in [0.05, 0.1) is 18.7 Å². The van der Waals surface area contributed by atoms with E-state index in [2.05, 4.69) is 0 Å². The van der Waals surface area contributed by atoms with Crippen molar-refractivity contribution in [3.8, 4) is 11.5 Å². The van der Waals surface area contributed by atoms with E-state index in [0.29, 0.717) is 12.4 Å². The van der Waals surface area contributed by atoms with Gasteiger partial charge in [-0.1, -0.05) is 35.5 Å². The van der Waals surface area contributed by atoms with Gasteiger partial charge in [-0.25, -0.2) is 0 Å². The van der Waals surface area contributed by atoms with Gasteiger partial charge in [0, 0.05) is 11.8 Å². The second-order valence-corrected chi connectivity index (χ2v) is 9.03. The molecule has 0 radical (unpaired) electrons. The Labute approximate surface area is 169 Å². The van der Waals surface area contributed by atoms with Crippen LogP contribution in [0.25, 0.3) is 0 Å². The van der Waals surface area contributed by atoms with E-state index in [-0.39, 0.29) is 21.2 Å². The summed E-state index contributed by atoms with van der Waals surface area (Å²) in [5, 5.41) is 2.05. The lowest BCUT2D eigenvalue weighted by Gasteiger charge is -2.12. The third-order valence-corrected chi connectivity index (χ3v) is 6.46. The summed E-state index contributed by atoms with van der Waals surface area (Å²) in [7, 11) is -2.10. The molecule has 0 bridgehead atoms. The highest BCUT2D eigenvalue weighted by Crippen LogP contribution is 2.28. The molecule has 2 rings (SSSR count). The fourth-order valence-electron chi connectivity index (χ4n) is 2.23. The molecule has 148 valence electrons. The zero-order valence-corrected chi connectivity index (χ0v) is 17.6. The molecular formula is C18H24ClN2O4S2+. The normalized spacial score (nSPS) is 12.6. The molecule has 0 amide bonds. The van der Waals surface area contributed by atoms with Crippen LogP contribution >= 0.6 is 23.4 Å². The first kappa shape index (κ1) is 21.8. The van der Waals surface area contributed by atoms with Crippen LogP contribution in [0.4, 0.5) is 0 Å². The number of hydrogen-bond donors (Lipinski definition) is 2. The maximum atomic E-state index is 12.5. The average Bonchev–Trinajstić information content (AvgIpc) is 2.60. The van der Waals surface area contributed by atoms with Crippen molar-refractivity contribution in [1.29, 1.82) is 0 Å². The molecule has 0 heterocycles. The number of hydrogen-bond acceptors (Lipinski definition) is 6. The van der Waals surface area contributed by atoms with Crippen LogP contribution in [0.15, 0.2) is 47.4 Å². The Hall–Kier alpha value is -1.45. The van der Waals surface area contributed by atoms with E-state index >= 15 is 0 Å². The van der Waals surface area contributed by atoms with Crippen molar-refractivity contribution < 1.29 is 22.7 Å². The molecule has 9 heteroatoms. The molecule has 0 aliphatic rings. The molecular weight excluding hydrogens is 408 g/mol. The van der Waals surface area contributed by atoms with E-state index < -0.39 is 10.1 Å². The van der Waals surface area contributed by atoms with E-state index in [0.717, 1.165) is 17.7 Å². The van der Waals surface area contributed by atoms with Gasteiger partial charge in [-0.05, 0) is 43.2 Å². The van der Waals surface area contributed by atoms with Gasteiger partial charge in [-0.3, -0.25) is 5.73 Å². The average molecular weight is 432 g/mol. The Morgan fingerprint density at radius 3 is 2.63 bits per heavy atom. The fraction of sp³-hybridized carbons (Fsp3) is 0.333. The Morgan fingerprint density at radius 2 is 1.93 bits per heavy atom. The first-order valence-corrected chi connectivity index (χ1v) is 11.3. The predicted molar refractivity (Wildman–Crippen MR) is 109 cm³/mol. The van der Waals surface area contributed by atoms with Crippen LogP contribution in [-0.4, -0.2) is 33.3 Å². The van der Waals surface area contributed by atoms with Gasteiger partial charge in [-0.2, -0.15) is 8.42 Å². The molecule has 0 aromatic heterocycles. The minimum atomic E-state index is -4.03. The molecule has 0 spiro atoms. The van der Waals surface area contributed by atoms with Gasteiger partial charge in [-0.15, -0.1) is 0 Å². The van der Waals surface area contributed by atoms with Crippen LogP contribution in [0.1, 0.15) is 12.0 Å². The minimum Gasteiger partial charge on any atom is -0.493 e. The first-order chi connectivity index (χ1) is 12.8. The van der Waals surface area contributed by atoms with Crippen molar-refractivity contribution in [2.75, 3.05) is 19.4 Å². The number of quaternary nitrogens is 1. The van der Waals surface area contributed by atoms with Gasteiger partial charge in [0.25, 0.3) is 0 Å². The van der Waals surface area contributed by atoms with Gasteiger partial charge in [0.15, 0.2) is 5.50 Å². The lowest BCUT2D eigenvalue weighted by Crippen LogP contribution is -2.88. The van der Waals surface area contributed by atoms with Crippen molar-refractivity contribution in [3.63, 3.8) is 0 Å². The molecule has 0 fully saturated rings. The summed E-state index contributed by atoms with van der Waals surface area (Å²) in [4.78, 5) is -0.0725. The Balaban J connectivity index is 2.01. The Morgan fingerprint density at radius 1 is 1.22 bits per heavy atom. The maximum Gasteiger partial charge on any atom is 0.340 e. The van der Waals surface area contributed by atoms with Crippen LogP contribution in [0.5, 0.6) is 11.5 Å². The minimum absolute atomic E-state index is 0.0268. The summed E-state index contributed by atoms with van der Waals surface area (Å²) < 4.78 is 35.9. The lowest BCUT2D eigenvalue weighted by atomic mass is 10.2. The molecule has 1 unspecified atom stereocenters. The molecule has 4 N–H and O–H groups in total. The topological polar surface area (TPSA) is 95.2 Å². The van der Waals surface area contributed by atoms with Crippen LogP contribution in [0.3, 0.4) is 0 Å². The molecule has 2 aromatic carbocycles. The second-order valence-electron chi connectivity index (χ2n) is 5.82. The first-order valence-electron chi connectivity index (χ1n) is 8.42. The van der Waals surface area contributed by atoms with Crippen molar-refractivity contribution in [2.24, 2.45) is 5.73 Å². The Bertz CT molecular complexity index is 862. The summed E-state index contributed by atoms with van der Waals surface area (Å²) in [5.74, 6) is 1.61. The predicted octanol–water partition coefficient (Wildman–Crippen LogP) is 2.35. The number of ether oxygens (including phenoxy) is 1. The molecule has 2 aromatic rings. The van der Waals surface area contributed by atoms with Gasteiger partial charge in [0.2, 0.25) is 0 Å². The van der Waals surface area contributed by atoms with Crippen molar-refractivity contribution in [2.45, 2.75) is 23.7 Å². The number of nitrogens with two attached hydrogens (primary N) is 2. The van der Waals surface area contributed by atoms with Crippen molar-refractivity contribution in [3.05, 3.63) is 53.1 Å². The monoisotopic (exact) mass is 431 g/mol. The summed E-state index contributed by atoms with van der Waals surface area (Å²) in [6.45, 7) is 2.34. The van der Waals surface area contributed by atoms with Gasteiger partial charge in [0.1, 0.15) is 16.4 Å². The zero-order valence-electron chi connectivity index (χ0n) is 15.2. The lowest BCUT2D eigenvalue weighted by molar-refractivity contribution is -0.639. The van der Waals surface area contributed by atoms with E-state index in [1.807, 2.05) is 25.4 Å². The Kier molecular flexibility index (Phi) is 8.25. The highest BCUT2D eigenvalue weighted by Gasteiger charge is 2.20.